The third-order valence-corrected chi connectivity index (χ3v) is 3.46. The van der Waals surface area contributed by atoms with Crippen molar-refractivity contribution < 1.29 is 4.39 Å². The number of alkyl halides is 1. The molecule has 5 heteroatoms. The summed E-state index contributed by atoms with van der Waals surface area (Å²) in [4.78, 5) is 4.30. The van der Waals surface area contributed by atoms with E-state index in [4.69, 9.17) is 0 Å². The Morgan fingerprint density at radius 2 is 2.12 bits per heavy atom. The molecule has 4 nitrogen and oxygen atoms in total. The van der Waals surface area contributed by atoms with E-state index in [0.29, 0.717) is 12.6 Å². The van der Waals surface area contributed by atoms with Gasteiger partial charge in [0.2, 0.25) is 0 Å². The molecule has 0 aliphatic carbocycles. The molecule has 0 bridgehead atoms. The average molecular weight is 229 g/mol. The molecule has 2 unspecified atom stereocenters. The van der Waals surface area contributed by atoms with Gasteiger partial charge >= 0.3 is 0 Å². The Balaban J connectivity index is 1.75. The molecular weight excluding hydrogens is 207 g/mol. The molecule has 1 N–H and O–H groups in total. The van der Waals surface area contributed by atoms with Crippen LogP contribution in [0.25, 0.3) is 0 Å². The van der Waals surface area contributed by atoms with Crippen LogP contribution >= 0.6 is 0 Å². The van der Waals surface area contributed by atoms with Crippen LogP contribution in [0.15, 0.2) is 0 Å². The van der Waals surface area contributed by atoms with Gasteiger partial charge in [0.1, 0.15) is 0 Å². The van der Waals surface area contributed by atoms with Gasteiger partial charge in [0.05, 0.1) is 6.17 Å². The van der Waals surface area contributed by atoms with Gasteiger partial charge in [-0.2, -0.15) is 0 Å². The molecule has 93 valence electrons. The molecule has 2 heterocycles. The van der Waals surface area contributed by atoms with Crippen molar-refractivity contribution in [3.8, 4) is 0 Å². The summed E-state index contributed by atoms with van der Waals surface area (Å²) in [6, 6.07) is 0. The lowest BCUT2D eigenvalue weighted by atomic mass is 10.2. The Kier molecular flexibility index (Phi) is 4.52. The fourth-order valence-corrected chi connectivity index (χ4v) is 2.41. The van der Waals surface area contributed by atoms with Gasteiger partial charge < -0.3 is 5.32 Å². The first kappa shape index (κ1) is 12.2. The van der Waals surface area contributed by atoms with Crippen LogP contribution < -0.4 is 10.6 Å². The Morgan fingerprint density at radius 1 is 1.38 bits per heavy atom. The molecule has 2 fully saturated rings. The quantitative estimate of drug-likeness (QED) is 0.683. The summed E-state index contributed by atoms with van der Waals surface area (Å²) in [5.41, 5.74) is 0. The lowest BCUT2D eigenvalue weighted by molar-refractivity contribution is 0.00749. The van der Waals surface area contributed by atoms with E-state index in [1.807, 2.05) is 11.8 Å². The second kappa shape index (κ2) is 5.91. The largest absolute Gasteiger partial charge is 0.312 e. The normalized spacial score (nSPS) is 31.5. The van der Waals surface area contributed by atoms with Crippen molar-refractivity contribution in [2.24, 2.45) is 0 Å². The maximum Gasteiger partial charge on any atom is 0.153 e. The summed E-state index contributed by atoms with van der Waals surface area (Å²) in [5.74, 6) is 0. The third kappa shape index (κ3) is 2.91. The molecule has 0 saturated carbocycles. The van der Waals surface area contributed by atoms with E-state index >= 15 is 0 Å². The standard InChI is InChI=1S/C11H22FN4/c1-2-10(12)15-5-7-16(8-6-15)11-9-13-3-4-14-11/h10-11,13H,2-9H2,1H3. The van der Waals surface area contributed by atoms with Crippen LogP contribution in [0, 0.1) is 0 Å². The number of rotatable bonds is 3. The Bertz CT molecular complexity index is 200. The topological polar surface area (TPSA) is 32.6 Å². The Labute approximate surface area is 97.2 Å². The fourth-order valence-electron chi connectivity index (χ4n) is 2.41. The van der Waals surface area contributed by atoms with E-state index in [9.17, 15) is 4.39 Å². The van der Waals surface area contributed by atoms with Crippen LogP contribution in [-0.4, -0.2) is 68.1 Å². The zero-order valence-electron chi connectivity index (χ0n) is 10.0. The van der Waals surface area contributed by atoms with E-state index in [2.05, 4.69) is 15.5 Å². The highest BCUT2D eigenvalue weighted by molar-refractivity contribution is 4.81. The molecule has 0 aromatic rings. The maximum absolute atomic E-state index is 13.5. The van der Waals surface area contributed by atoms with Gasteiger partial charge in [-0.25, -0.2) is 9.71 Å². The maximum atomic E-state index is 13.5. The SMILES string of the molecule is CCC(F)N1CCN(C2CNCC[N]2)CC1. The van der Waals surface area contributed by atoms with Crippen LogP contribution in [-0.2, 0) is 0 Å². The minimum absolute atomic E-state index is 0.315. The Hall–Kier alpha value is -0.230. The zero-order chi connectivity index (χ0) is 11.4. The van der Waals surface area contributed by atoms with Crippen LogP contribution in [0.4, 0.5) is 4.39 Å². The molecule has 2 rings (SSSR count). The molecule has 0 aromatic carbocycles. The molecule has 2 saturated heterocycles. The first-order valence-electron chi connectivity index (χ1n) is 6.30. The molecule has 2 aliphatic heterocycles. The van der Waals surface area contributed by atoms with Crippen LogP contribution in [0.5, 0.6) is 0 Å². The van der Waals surface area contributed by atoms with Crippen molar-refractivity contribution in [1.29, 1.82) is 0 Å². The van der Waals surface area contributed by atoms with Crippen LogP contribution in [0.3, 0.4) is 0 Å². The smallest absolute Gasteiger partial charge is 0.153 e. The highest BCUT2D eigenvalue weighted by Crippen LogP contribution is 2.12. The van der Waals surface area contributed by atoms with Crippen molar-refractivity contribution in [2.45, 2.75) is 25.8 Å². The monoisotopic (exact) mass is 229 g/mol. The summed E-state index contributed by atoms with van der Waals surface area (Å²) < 4.78 is 13.5. The van der Waals surface area contributed by atoms with Gasteiger partial charge in [-0.1, -0.05) is 6.92 Å². The second-order valence-electron chi connectivity index (χ2n) is 4.51. The van der Waals surface area contributed by atoms with Crippen molar-refractivity contribution >= 4 is 0 Å². The number of piperazine rings is 2. The third-order valence-electron chi connectivity index (χ3n) is 3.46. The molecular formula is C11H22FN4. The molecule has 0 spiro atoms. The lowest BCUT2D eigenvalue weighted by Gasteiger charge is -2.41. The highest BCUT2D eigenvalue weighted by atomic mass is 19.1. The number of halogens is 1. The minimum atomic E-state index is -0.761. The van der Waals surface area contributed by atoms with Crippen LogP contribution in [0.2, 0.25) is 0 Å². The first-order valence-corrected chi connectivity index (χ1v) is 6.30. The van der Waals surface area contributed by atoms with E-state index in [-0.39, 0.29) is 0 Å². The van der Waals surface area contributed by atoms with E-state index in [1.54, 1.807) is 0 Å². The fraction of sp³-hybridized carbons (Fsp3) is 1.00. The molecule has 1 radical (unpaired) electrons. The molecule has 2 atom stereocenters. The summed E-state index contributed by atoms with van der Waals surface area (Å²) in [6.45, 7) is 8.31. The zero-order valence-corrected chi connectivity index (χ0v) is 10.0. The average Bonchev–Trinajstić information content (AvgIpc) is 2.39. The molecule has 16 heavy (non-hydrogen) atoms. The van der Waals surface area contributed by atoms with Gasteiger partial charge in [-0.3, -0.25) is 9.80 Å². The predicted octanol–water partition coefficient (Wildman–Crippen LogP) is -0.157. The van der Waals surface area contributed by atoms with E-state index < -0.39 is 6.30 Å². The first-order chi connectivity index (χ1) is 7.81. The predicted molar refractivity (Wildman–Crippen MR) is 62.0 cm³/mol. The van der Waals surface area contributed by atoms with Crippen molar-refractivity contribution in [2.75, 3.05) is 45.8 Å². The number of nitrogens with one attached hydrogen (secondary N) is 1. The summed E-state index contributed by atoms with van der Waals surface area (Å²) in [5, 5.41) is 7.95. The molecule has 2 aliphatic rings. The van der Waals surface area contributed by atoms with Gasteiger partial charge in [0.15, 0.2) is 6.30 Å². The summed E-state index contributed by atoms with van der Waals surface area (Å²) in [7, 11) is 0. The van der Waals surface area contributed by atoms with Gasteiger partial charge in [-0.15, -0.1) is 0 Å². The number of nitrogens with zero attached hydrogens (tertiary/aromatic N) is 3. The van der Waals surface area contributed by atoms with E-state index in [1.165, 1.54) is 0 Å². The van der Waals surface area contributed by atoms with Gasteiger partial charge in [0.25, 0.3) is 0 Å². The van der Waals surface area contributed by atoms with Gasteiger partial charge in [-0.05, 0) is 6.42 Å². The molecule has 0 aromatic heterocycles. The highest BCUT2D eigenvalue weighted by Gasteiger charge is 2.27. The van der Waals surface area contributed by atoms with Crippen LogP contribution in [0.1, 0.15) is 13.3 Å². The summed E-state index contributed by atoms with van der Waals surface area (Å²) in [6.07, 6.45) is 0.147. The molecule has 0 amide bonds. The Morgan fingerprint density at radius 3 is 2.69 bits per heavy atom. The van der Waals surface area contributed by atoms with Crippen molar-refractivity contribution in [3.05, 3.63) is 0 Å². The van der Waals surface area contributed by atoms with Crippen molar-refractivity contribution in [3.63, 3.8) is 0 Å². The van der Waals surface area contributed by atoms with Crippen molar-refractivity contribution in [1.82, 2.24) is 20.4 Å². The number of hydrogen-bond donors (Lipinski definition) is 1. The lowest BCUT2D eigenvalue weighted by Crippen LogP contribution is -2.59. The second-order valence-corrected chi connectivity index (χ2v) is 4.51. The minimum Gasteiger partial charge on any atom is -0.312 e. The van der Waals surface area contributed by atoms with E-state index in [0.717, 1.165) is 45.8 Å². The summed E-state index contributed by atoms with van der Waals surface area (Å²) >= 11 is 0. The van der Waals surface area contributed by atoms with Gasteiger partial charge in [0, 0.05) is 45.8 Å². The number of hydrogen-bond acceptors (Lipinski definition) is 3.